The molecule has 1 N–H and O–H groups in total. The number of aryl methyl sites for hydroxylation is 2. The number of fused-ring (bicyclic) bond motifs is 3. The number of imidazole rings is 1. The van der Waals surface area contributed by atoms with Gasteiger partial charge in [0.2, 0.25) is 0 Å². The molecule has 17 heavy (non-hydrogen) atoms. The van der Waals surface area contributed by atoms with Crippen molar-refractivity contribution in [1.29, 1.82) is 0 Å². The Morgan fingerprint density at radius 2 is 2.18 bits per heavy atom. The first kappa shape index (κ1) is 10.0. The Bertz CT molecular complexity index is 642. The molecule has 0 amide bonds. The Kier molecular flexibility index (Phi) is 2.01. The third-order valence-corrected chi connectivity index (χ3v) is 3.07. The van der Waals surface area contributed by atoms with E-state index >= 15 is 0 Å². The van der Waals surface area contributed by atoms with E-state index in [0.29, 0.717) is 0 Å². The summed E-state index contributed by atoms with van der Waals surface area (Å²) in [5.41, 5.74) is 1.88. The van der Waals surface area contributed by atoms with Crippen molar-refractivity contribution in [2.45, 2.75) is 19.4 Å². The zero-order chi connectivity index (χ0) is 12.0. The third-order valence-electron chi connectivity index (χ3n) is 3.07. The molecule has 0 aliphatic carbocycles. The number of rotatable bonds is 2. The molecule has 3 rings (SSSR count). The van der Waals surface area contributed by atoms with E-state index in [1.165, 1.54) is 6.07 Å². The first-order valence-corrected chi connectivity index (χ1v) is 5.43. The molecule has 86 valence electrons. The van der Waals surface area contributed by atoms with Crippen LogP contribution in [0.4, 0.5) is 0 Å². The highest BCUT2D eigenvalue weighted by molar-refractivity contribution is 6.40. The van der Waals surface area contributed by atoms with Crippen LogP contribution in [-0.2, 0) is 17.8 Å². The highest BCUT2D eigenvalue weighted by Gasteiger charge is 2.19. The summed E-state index contributed by atoms with van der Waals surface area (Å²) >= 11 is 0. The highest BCUT2D eigenvalue weighted by atomic mass is 16.4. The summed E-state index contributed by atoms with van der Waals surface area (Å²) < 4.78 is 2.05. The number of ketones is 1. The van der Waals surface area contributed by atoms with Gasteiger partial charge in [-0.2, -0.15) is 0 Å². The molecule has 1 aliphatic rings. The molecule has 1 aromatic heterocycles. The number of carbonyl (C=O) groups excluding carboxylic acids is 1. The summed E-state index contributed by atoms with van der Waals surface area (Å²) in [5.74, 6) is -1.29. The fraction of sp³-hybridized carbons (Fsp3) is 0.250. The number of carbonyl (C=O) groups is 2. The normalized spacial score (nSPS) is 13.9. The summed E-state index contributed by atoms with van der Waals surface area (Å²) in [6.45, 7) is 0.885. The van der Waals surface area contributed by atoms with Crippen LogP contribution in [-0.4, -0.2) is 26.4 Å². The third kappa shape index (κ3) is 1.43. The van der Waals surface area contributed by atoms with Gasteiger partial charge in [0, 0.05) is 18.5 Å². The van der Waals surface area contributed by atoms with Crippen LogP contribution >= 0.6 is 0 Å². The molecule has 0 unspecified atom stereocenters. The molecule has 0 radical (unpaired) electrons. The monoisotopic (exact) mass is 230 g/mol. The molecule has 0 fully saturated rings. The largest absolute Gasteiger partial charge is 0.475 e. The van der Waals surface area contributed by atoms with E-state index in [1.54, 1.807) is 12.1 Å². The smallest absolute Gasteiger partial charge is 0.377 e. The average molecular weight is 230 g/mol. The zero-order valence-corrected chi connectivity index (χ0v) is 9.01. The maximum absolute atomic E-state index is 11.4. The van der Waals surface area contributed by atoms with Gasteiger partial charge in [-0.05, 0) is 24.6 Å². The van der Waals surface area contributed by atoms with Crippen molar-refractivity contribution < 1.29 is 14.7 Å². The molecular formula is C12H10N2O3. The molecule has 2 aromatic rings. The van der Waals surface area contributed by atoms with Crippen molar-refractivity contribution in [3.05, 3.63) is 29.6 Å². The molecule has 1 aromatic carbocycles. The van der Waals surface area contributed by atoms with Crippen molar-refractivity contribution in [2.75, 3.05) is 0 Å². The molecule has 0 spiro atoms. The summed E-state index contributed by atoms with van der Waals surface area (Å²) in [5, 5.41) is 8.68. The van der Waals surface area contributed by atoms with Gasteiger partial charge in [-0.25, -0.2) is 9.78 Å². The van der Waals surface area contributed by atoms with Gasteiger partial charge < -0.3 is 9.67 Å². The number of hydrogen-bond donors (Lipinski definition) is 1. The van der Waals surface area contributed by atoms with E-state index in [0.717, 1.165) is 36.2 Å². The summed E-state index contributed by atoms with van der Waals surface area (Å²) in [7, 11) is 0. The van der Waals surface area contributed by atoms with Gasteiger partial charge in [0.05, 0.1) is 11.0 Å². The van der Waals surface area contributed by atoms with Crippen LogP contribution < -0.4 is 0 Å². The minimum absolute atomic E-state index is 0.208. The quantitative estimate of drug-likeness (QED) is 0.622. The van der Waals surface area contributed by atoms with Gasteiger partial charge in [-0.3, -0.25) is 4.79 Å². The number of Topliss-reactive ketones (excluding diaryl/α,β-unsaturated/α-hetero) is 1. The van der Waals surface area contributed by atoms with E-state index in [9.17, 15) is 9.59 Å². The predicted octanol–water partition coefficient (Wildman–Crippen LogP) is 1.25. The second kappa shape index (κ2) is 3.41. The lowest BCUT2D eigenvalue weighted by atomic mass is 10.1. The highest BCUT2D eigenvalue weighted by Crippen LogP contribution is 2.23. The van der Waals surface area contributed by atoms with Gasteiger partial charge in [0.15, 0.2) is 0 Å². The Balaban J connectivity index is 2.18. The summed E-state index contributed by atoms with van der Waals surface area (Å²) in [6, 6.07) is 4.84. The minimum atomic E-state index is -1.43. The summed E-state index contributed by atoms with van der Waals surface area (Å²) in [6.07, 6.45) is 1.99. The minimum Gasteiger partial charge on any atom is -0.475 e. The number of aliphatic carboxylic acids is 1. The number of nitrogens with zero attached hydrogens (tertiary/aromatic N) is 2. The van der Waals surface area contributed by atoms with Crippen molar-refractivity contribution in [3.63, 3.8) is 0 Å². The summed E-state index contributed by atoms with van der Waals surface area (Å²) in [4.78, 5) is 26.5. The second-order valence-electron chi connectivity index (χ2n) is 4.12. The number of aromatic nitrogens is 2. The van der Waals surface area contributed by atoms with Crippen LogP contribution in [0.5, 0.6) is 0 Å². The second-order valence-corrected chi connectivity index (χ2v) is 4.12. The van der Waals surface area contributed by atoms with Gasteiger partial charge in [0.1, 0.15) is 5.82 Å². The Hall–Kier alpha value is -2.17. The van der Waals surface area contributed by atoms with Gasteiger partial charge in [0.25, 0.3) is 5.78 Å². The van der Waals surface area contributed by atoms with Crippen LogP contribution in [0.1, 0.15) is 22.6 Å². The molecule has 0 bridgehead atoms. The lowest BCUT2D eigenvalue weighted by Crippen LogP contribution is -2.12. The van der Waals surface area contributed by atoms with Crippen LogP contribution in [0.15, 0.2) is 18.2 Å². The lowest BCUT2D eigenvalue weighted by molar-refractivity contribution is -0.131. The Morgan fingerprint density at radius 3 is 2.94 bits per heavy atom. The van der Waals surface area contributed by atoms with E-state index in [2.05, 4.69) is 4.98 Å². The standard InChI is InChI=1S/C12H10N2O3/c15-11(12(16)17)7-3-4-8-9(6-7)14-5-1-2-10(14)13-8/h3-4,6H,1-2,5H2,(H,16,17). The molecule has 0 saturated heterocycles. The molecule has 5 nitrogen and oxygen atoms in total. The molecule has 5 heteroatoms. The van der Waals surface area contributed by atoms with E-state index in [4.69, 9.17) is 5.11 Å². The Labute approximate surface area is 96.7 Å². The van der Waals surface area contributed by atoms with Crippen LogP contribution in [0.2, 0.25) is 0 Å². The molecule has 1 aliphatic heterocycles. The number of carboxylic acid groups (broad SMARTS) is 1. The predicted molar refractivity (Wildman–Crippen MR) is 60.0 cm³/mol. The molecule has 2 heterocycles. The van der Waals surface area contributed by atoms with Crippen LogP contribution in [0.3, 0.4) is 0 Å². The fourth-order valence-corrected chi connectivity index (χ4v) is 2.27. The van der Waals surface area contributed by atoms with Crippen molar-refractivity contribution >= 4 is 22.8 Å². The first-order chi connectivity index (χ1) is 8.16. The maximum Gasteiger partial charge on any atom is 0.377 e. The SMILES string of the molecule is O=C(O)C(=O)c1ccc2nc3n(c2c1)CCC3. The lowest BCUT2D eigenvalue weighted by Gasteiger charge is -2.00. The Morgan fingerprint density at radius 1 is 1.35 bits per heavy atom. The molecule has 0 saturated carbocycles. The number of carboxylic acids is 1. The van der Waals surface area contributed by atoms with Crippen LogP contribution in [0.25, 0.3) is 11.0 Å². The van der Waals surface area contributed by atoms with E-state index in [-0.39, 0.29) is 5.56 Å². The van der Waals surface area contributed by atoms with Crippen molar-refractivity contribution in [3.8, 4) is 0 Å². The van der Waals surface area contributed by atoms with Crippen LogP contribution in [0, 0.1) is 0 Å². The van der Waals surface area contributed by atoms with Gasteiger partial charge >= 0.3 is 5.97 Å². The van der Waals surface area contributed by atoms with E-state index < -0.39 is 11.8 Å². The van der Waals surface area contributed by atoms with Crippen molar-refractivity contribution in [1.82, 2.24) is 9.55 Å². The van der Waals surface area contributed by atoms with E-state index in [1.807, 2.05) is 4.57 Å². The first-order valence-electron chi connectivity index (χ1n) is 5.43. The zero-order valence-electron chi connectivity index (χ0n) is 9.01. The fourth-order valence-electron chi connectivity index (χ4n) is 2.27. The van der Waals surface area contributed by atoms with Gasteiger partial charge in [-0.1, -0.05) is 0 Å². The number of benzene rings is 1. The molecule has 0 atom stereocenters. The molecular weight excluding hydrogens is 220 g/mol. The van der Waals surface area contributed by atoms with Crippen molar-refractivity contribution in [2.24, 2.45) is 0 Å². The maximum atomic E-state index is 11.4. The van der Waals surface area contributed by atoms with Gasteiger partial charge in [-0.15, -0.1) is 0 Å². The number of hydrogen-bond acceptors (Lipinski definition) is 3. The topological polar surface area (TPSA) is 72.2 Å². The average Bonchev–Trinajstić information content (AvgIpc) is 2.87.